The highest BCUT2D eigenvalue weighted by molar-refractivity contribution is 7.11. The van der Waals surface area contributed by atoms with E-state index in [1.165, 1.54) is 16.9 Å². The first kappa shape index (κ1) is 19.7. The molecule has 1 N–H and O–H groups in total. The zero-order valence-corrected chi connectivity index (χ0v) is 17.1. The molecule has 2 aromatic carbocycles. The van der Waals surface area contributed by atoms with Crippen molar-refractivity contribution in [3.05, 3.63) is 70.7 Å². The van der Waals surface area contributed by atoms with Gasteiger partial charge in [0, 0.05) is 17.1 Å². The summed E-state index contributed by atoms with van der Waals surface area (Å²) in [4.78, 5) is 4.65. The van der Waals surface area contributed by atoms with Crippen molar-refractivity contribution >= 4 is 22.6 Å². The number of nitriles is 1. The van der Waals surface area contributed by atoms with Gasteiger partial charge in [-0.3, -0.25) is 0 Å². The zero-order chi connectivity index (χ0) is 19.9. The molecule has 3 aromatic rings. The smallest absolute Gasteiger partial charge is 0.142 e. The lowest BCUT2D eigenvalue weighted by Crippen LogP contribution is -1.94. The predicted octanol–water partition coefficient (Wildman–Crippen LogP) is 5.99. The van der Waals surface area contributed by atoms with Crippen molar-refractivity contribution < 1.29 is 4.74 Å². The van der Waals surface area contributed by atoms with Gasteiger partial charge in [0.25, 0.3) is 0 Å². The summed E-state index contributed by atoms with van der Waals surface area (Å²) >= 11 is 1.46. The number of methoxy groups -OCH3 is 1. The number of ether oxygens (including phenoxy) is 1. The minimum absolute atomic E-state index is 0.485. The molecular weight excluding hydrogens is 366 g/mol. The normalized spacial score (nSPS) is 11.3. The van der Waals surface area contributed by atoms with Gasteiger partial charge in [0.2, 0.25) is 0 Å². The first-order chi connectivity index (χ1) is 13.6. The Morgan fingerprint density at radius 2 is 1.96 bits per heavy atom. The number of para-hydroxylation sites is 2. The minimum atomic E-state index is 0.485. The summed E-state index contributed by atoms with van der Waals surface area (Å²) in [5.41, 5.74) is 4.56. The van der Waals surface area contributed by atoms with Crippen LogP contribution in [0, 0.1) is 17.2 Å². The number of nitrogens with one attached hydrogen (secondary N) is 1. The van der Waals surface area contributed by atoms with Gasteiger partial charge < -0.3 is 10.1 Å². The lowest BCUT2D eigenvalue weighted by atomic mass is 10.0. The maximum atomic E-state index is 9.56. The number of thiazole rings is 1. The summed E-state index contributed by atoms with van der Waals surface area (Å²) in [6.45, 7) is 4.44. The van der Waals surface area contributed by atoms with Crippen molar-refractivity contribution in [1.29, 1.82) is 5.26 Å². The van der Waals surface area contributed by atoms with Gasteiger partial charge in [-0.15, -0.1) is 11.3 Å². The highest BCUT2D eigenvalue weighted by Crippen LogP contribution is 2.28. The Hall–Kier alpha value is -3.10. The molecule has 0 atom stereocenters. The van der Waals surface area contributed by atoms with Gasteiger partial charge in [0.15, 0.2) is 0 Å². The van der Waals surface area contributed by atoms with Crippen LogP contribution in [-0.2, 0) is 6.42 Å². The van der Waals surface area contributed by atoms with E-state index in [4.69, 9.17) is 4.74 Å². The highest BCUT2D eigenvalue weighted by atomic mass is 32.1. The first-order valence-electron chi connectivity index (χ1n) is 9.15. The molecule has 0 aliphatic rings. The van der Waals surface area contributed by atoms with E-state index in [0.29, 0.717) is 16.5 Å². The second kappa shape index (κ2) is 9.20. The first-order valence-corrected chi connectivity index (χ1v) is 10.0. The molecule has 4 nitrogen and oxygen atoms in total. The van der Waals surface area contributed by atoms with E-state index in [-0.39, 0.29) is 0 Å². The summed E-state index contributed by atoms with van der Waals surface area (Å²) in [6.07, 6.45) is 2.74. The monoisotopic (exact) mass is 389 g/mol. The standard InChI is InChI=1S/C23H23N3OS/c1-16(2)12-17-8-10-18(11-9-17)21-15-28-23(26-21)19(13-24)14-25-20-6-4-5-7-22(20)27-3/h4-11,14-16,25H,12H2,1-3H3/b19-14+. The Bertz CT molecular complexity index is 997. The summed E-state index contributed by atoms with van der Waals surface area (Å²) < 4.78 is 5.32. The molecular formula is C23H23N3OS. The van der Waals surface area contributed by atoms with Gasteiger partial charge in [0.05, 0.1) is 18.5 Å². The van der Waals surface area contributed by atoms with Gasteiger partial charge in [-0.05, 0) is 30.0 Å². The van der Waals surface area contributed by atoms with Crippen LogP contribution in [0.3, 0.4) is 0 Å². The van der Waals surface area contributed by atoms with Gasteiger partial charge in [-0.25, -0.2) is 4.98 Å². The van der Waals surface area contributed by atoms with Crippen LogP contribution in [0.5, 0.6) is 5.75 Å². The van der Waals surface area contributed by atoms with Crippen LogP contribution < -0.4 is 10.1 Å². The summed E-state index contributed by atoms with van der Waals surface area (Å²) in [5, 5.41) is 15.4. The molecule has 1 aromatic heterocycles. The molecule has 0 fully saturated rings. The maximum Gasteiger partial charge on any atom is 0.142 e. The molecule has 0 amide bonds. The van der Waals surface area contributed by atoms with Crippen molar-refractivity contribution in [2.45, 2.75) is 20.3 Å². The number of hydrogen-bond donors (Lipinski definition) is 1. The Labute approximate surface area is 170 Å². The van der Waals surface area contributed by atoms with Crippen LogP contribution in [0.15, 0.2) is 60.1 Å². The fourth-order valence-corrected chi connectivity index (χ4v) is 3.66. The minimum Gasteiger partial charge on any atom is -0.495 e. The van der Waals surface area contributed by atoms with Crippen LogP contribution in [0.1, 0.15) is 24.4 Å². The number of benzene rings is 2. The number of hydrogen-bond acceptors (Lipinski definition) is 5. The molecule has 5 heteroatoms. The van der Waals surface area contributed by atoms with E-state index in [2.05, 4.69) is 54.5 Å². The van der Waals surface area contributed by atoms with E-state index >= 15 is 0 Å². The number of aromatic nitrogens is 1. The third kappa shape index (κ3) is 4.79. The maximum absolute atomic E-state index is 9.56. The van der Waals surface area contributed by atoms with Crippen LogP contribution in [0.25, 0.3) is 16.8 Å². The highest BCUT2D eigenvalue weighted by Gasteiger charge is 2.10. The Kier molecular flexibility index (Phi) is 6.46. The Balaban J connectivity index is 1.78. The average molecular weight is 390 g/mol. The van der Waals surface area contributed by atoms with Gasteiger partial charge >= 0.3 is 0 Å². The summed E-state index contributed by atoms with van der Waals surface area (Å²) in [6, 6.07) is 18.3. The predicted molar refractivity (Wildman–Crippen MR) is 116 cm³/mol. The molecule has 28 heavy (non-hydrogen) atoms. The molecule has 0 unspecified atom stereocenters. The molecule has 0 aliphatic heterocycles. The van der Waals surface area contributed by atoms with Crippen molar-refractivity contribution in [3.63, 3.8) is 0 Å². The van der Waals surface area contributed by atoms with E-state index < -0.39 is 0 Å². The average Bonchev–Trinajstić information content (AvgIpc) is 3.19. The number of nitrogens with zero attached hydrogens (tertiary/aromatic N) is 2. The fraction of sp³-hybridized carbons (Fsp3) is 0.217. The van der Waals surface area contributed by atoms with E-state index in [0.717, 1.165) is 29.1 Å². The molecule has 0 bridgehead atoms. The van der Waals surface area contributed by atoms with Crippen LogP contribution in [0.2, 0.25) is 0 Å². The van der Waals surface area contributed by atoms with Gasteiger partial charge in [-0.1, -0.05) is 50.2 Å². The molecule has 1 heterocycles. The van der Waals surface area contributed by atoms with E-state index in [1.807, 2.05) is 29.6 Å². The zero-order valence-electron chi connectivity index (χ0n) is 16.3. The van der Waals surface area contributed by atoms with Gasteiger partial charge in [-0.2, -0.15) is 5.26 Å². The van der Waals surface area contributed by atoms with Crippen molar-refractivity contribution in [2.75, 3.05) is 12.4 Å². The molecule has 142 valence electrons. The lowest BCUT2D eigenvalue weighted by molar-refractivity contribution is 0.417. The lowest BCUT2D eigenvalue weighted by Gasteiger charge is -2.07. The van der Waals surface area contributed by atoms with E-state index in [1.54, 1.807) is 13.3 Å². The Morgan fingerprint density at radius 3 is 2.64 bits per heavy atom. The van der Waals surface area contributed by atoms with E-state index in [9.17, 15) is 5.26 Å². The van der Waals surface area contributed by atoms with Crippen molar-refractivity contribution in [2.24, 2.45) is 5.92 Å². The third-order valence-corrected chi connectivity index (χ3v) is 5.10. The topological polar surface area (TPSA) is 57.9 Å². The van der Waals surface area contributed by atoms with Crippen molar-refractivity contribution in [3.8, 4) is 23.1 Å². The SMILES string of the molecule is COc1ccccc1N/C=C(\C#N)c1nc(-c2ccc(CC(C)C)cc2)cs1. The van der Waals surface area contributed by atoms with Crippen LogP contribution >= 0.6 is 11.3 Å². The van der Waals surface area contributed by atoms with Crippen LogP contribution in [0.4, 0.5) is 5.69 Å². The number of allylic oxidation sites excluding steroid dienone is 1. The van der Waals surface area contributed by atoms with Crippen LogP contribution in [-0.4, -0.2) is 12.1 Å². The molecule has 0 aliphatic carbocycles. The third-order valence-electron chi connectivity index (χ3n) is 4.23. The summed E-state index contributed by atoms with van der Waals surface area (Å²) in [5.74, 6) is 1.35. The second-order valence-electron chi connectivity index (χ2n) is 6.85. The quantitative estimate of drug-likeness (QED) is 0.504. The largest absolute Gasteiger partial charge is 0.495 e. The Morgan fingerprint density at radius 1 is 1.21 bits per heavy atom. The molecule has 0 saturated heterocycles. The molecule has 0 saturated carbocycles. The molecule has 0 spiro atoms. The fourth-order valence-electron chi connectivity index (χ4n) is 2.87. The summed E-state index contributed by atoms with van der Waals surface area (Å²) in [7, 11) is 1.62. The molecule has 3 rings (SSSR count). The number of anilines is 1. The molecule has 0 radical (unpaired) electrons. The second-order valence-corrected chi connectivity index (χ2v) is 7.71. The van der Waals surface area contributed by atoms with Crippen molar-refractivity contribution in [1.82, 2.24) is 4.98 Å². The van der Waals surface area contributed by atoms with Gasteiger partial charge in [0.1, 0.15) is 22.4 Å². The number of rotatable bonds is 7.